The van der Waals surface area contributed by atoms with Crippen LogP contribution in [0.3, 0.4) is 0 Å². The molecule has 13 heavy (non-hydrogen) atoms. The van der Waals surface area contributed by atoms with Crippen LogP contribution in [0.25, 0.3) is 0 Å². The van der Waals surface area contributed by atoms with Crippen LogP contribution in [0.4, 0.5) is 0 Å². The molecule has 0 radical (unpaired) electrons. The van der Waals surface area contributed by atoms with E-state index in [9.17, 15) is 4.79 Å². The molecule has 2 nitrogen and oxygen atoms in total. The van der Waals surface area contributed by atoms with E-state index in [4.69, 9.17) is 4.42 Å². The van der Waals surface area contributed by atoms with Gasteiger partial charge in [-0.05, 0) is 12.1 Å². The van der Waals surface area contributed by atoms with Crippen LogP contribution in [0.15, 0.2) is 21.6 Å². The number of carbonyl (C=O) groups excluding carboxylic acids is 1. The molecule has 1 aromatic heterocycles. The van der Waals surface area contributed by atoms with E-state index in [1.165, 1.54) is 6.92 Å². The maximum absolute atomic E-state index is 10.9. The highest BCUT2D eigenvalue weighted by atomic mass is 32.2. The van der Waals surface area contributed by atoms with Crippen molar-refractivity contribution in [2.24, 2.45) is 0 Å². The first-order valence-corrected chi connectivity index (χ1v) is 5.00. The molecule has 0 amide bonds. The summed E-state index contributed by atoms with van der Waals surface area (Å²) in [6, 6.07) is 3.56. The molecular formula is C10H14O2S. The van der Waals surface area contributed by atoms with Crippen LogP contribution < -0.4 is 0 Å². The average molecular weight is 198 g/mol. The summed E-state index contributed by atoms with van der Waals surface area (Å²) in [5.41, 5.74) is 0. The summed E-state index contributed by atoms with van der Waals surface area (Å²) in [5, 5.41) is 0.803. The number of hydrogen-bond donors (Lipinski definition) is 0. The minimum Gasteiger partial charge on any atom is -0.447 e. The topological polar surface area (TPSA) is 30.2 Å². The van der Waals surface area contributed by atoms with Gasteiger partial charge in [0.25, 0.3) is 0 Å². The minimum absolute atomic E-state index is 0.0271. The highest BCUT2D eigenvalue weighted by Gasteiger charge is 2.15. The fourth-order valence-electron chi connectivity index (χ4n) is 0.866. The normalized spacial score (nSPS) is 11.7. The fraction of sp³-hybridized carbons (Fsp3) is 0.500. The van der Waals surface area contributed by atoms with Gasteiger partial charge in [-0.3, -0.25) is 4.79 Å². The van der Waals surface area contributed by atoms with Gasteiger partial charge in [-0.25, -0.2) is 0 Å². The SMILES string of the molecule is CC(=O)c1ccc(SC(C)(C)C)o1. The first-order valence-electron chi connectivity index (χ1n) is 4.18. The average Bonchev–Trinajstić information content (AvgIpc) is 2.31. The predicted molar refractivity (Wildman–Crippen MR) is 54.3 cm³/mol. The quantitative estimate of drug-likeness (QED) is 0.539. The third-order valence-electron chi connectivity index (χ3n) is 1.34. The van der Waals surface area contributed by atoms with Crippen molar-refractivity contribution in [3.63, 3.8) is 0 Å². The van der Waals surface area contributed by atoms with Gasteiger partial charge in [0, 0.05) is 11.7 Å². The van der Waals surface area contributed by atoms with Gasteiger partial charge in [0.15, 0.2) is 16.6 Å². The summed E-state index contributed by atoms with van der Waals surface area (Å²) in [5.74, 6) is 0.410. The van der Waals surface area contributed by atoms with Gasteiger partial charge in [-0.2, -0.15) is 0 Å². The third kappa shape index (κ3) is 3.27. The number of hydrogen-bond acceptors (Lipinski definition) is 3. The van der Waals surface area contributed by atoms with Gasteiger partial charge in [-0.1, -0.05) is 32.5 Å². The molecule has 0 aliphatic carbocycles. The number of Topliss-reactive ketones (excluding diaryl/α,β-unsaturated/α-hetero) is 1. The molecule has 0 aliphatic heterocycles. The fourth-order valence-corrected chi connectivity index (χ4v) is 1.74. The van der Waals surface area contributed by atoms with Gasteiger partial charge in [0.05, 0.1) is 0 Å². The van der Waals surface area contributed by atoms with Gasteiger partial charge < -0.3 is 4.42 Å². The van der Waals surface area contributed by atoms with E-state index in [0.717, 1.165) is 5.09 Å². The summed E-state index contributed by atoms with van der Waals surface area (Å²) in [7, 11) is 0. The Morgan fingerprint density at radius 2 is 2.00 bits per heavy atom. The zero-order chi connectivity index (χ0) is 10.1. The zero-order valence-corrected chi connectivity index (χ0v) is 9.20. The maximum Gasteiger partial charge on any atom is 0.194 e. The molecule has 72 valence electrons. The Morgan fingerprint density at radius 3 is 2.38 bits per heavy atom. The first kappa shape index (κ1) is 10.4. The third-order valence-corrected chi connectivity index (χ3v) is 2.37. The number of carbonyl (C=O) groups is 1. The van der Waals surface area contributed by atoms with Gasteiger partial charge in [0.2, 0.25) is 0 Å². The second kappa shape index (κ2) is 3.58. The molecular weight excluding hydrogens is 184 g/mol. The van der Waals surface area contributed by atoms with Crippen LogP contribution in [-0.4, -0.2) is 10.5 Å². The summed E-state index contributed by atoms with van der Waals surface area (Å²) in [6.07, 6.45) is 0. The summed E-state index contributed by atoms with van der Waals surface area (Å²) >= 11 is 1.62. The molecule has 1 rings (SSSR count). The molecule has 0 N–H and O–H groups in total. The van der Waals surface area contributed by atoms with Crippen LogP contribution in [0, 0.1) is 0 Å². The van der Waals surface area contributed by atoms with E-state index in [1.54, 1.807) is 17.8 Å². The predicted octanol–water partition coefficient (Wildman–Crippen LogP) is 3.37. The first-order chi connectivity index (χ1) is 5.88. The molecule has 1 aromatic rings. The lowest BCUT2D eigenvalue weighted by molar-refractivity contribution is 0.0982. The number of ketones is 1. The Kier molecular flexibility index (Phi) is 2.86. The van der Waals surface area contributed by atoms with E-state index in [1.807, 2.05) is 6.07 Å². The highest BCUT2D eigenvalue weighted by Crippen LogP contribution is 2.32. The summed E-state index contributed by atoms with van der Waals surface area (Å²) in [6.45, 7) is 7.82. The zero-order valence-electron chi connectivity index (χ0n) is 8.38. The van der Waals surface area contributed by atoms with Crippen LogP contribution in [0.1, 0.15) is 38.2 Å². The van der Waals surface area contributed by atoms with E-state index in [0.29, 0.717) is 5.76 Å². The van der Waals surface area contributed by atoms with Crippen LogP contribution in [0.5, 0.6) is 0 Å². The number of thioether (sulfide) groups is 1. The summed E-state index contributed by atoms with van der Waals surface area (Å²) in [4.78, 5) is 10.9. The van der Waals surface area contributed by atoms with Crippen molar-refractivity contribution in [3.8, 4) is 0 Å². The molecule has 0 spiro atoms. The molecule has 0 fully saturated rings. The van der Waals surface area contributed by atoms with Crippen molar-refractivity contribution < 1.29 is 9.21 Å². The molecule has 0 aliphatic rings. The number of furan rings is 1. The molecule has 0 saturated carbocycles. The van der Waals surface area contributed by atoms with E-state index < -0.39 is 0 Å². The van der Waals surface area contributed by atoms with Gasteiger partial charge in [-0.15, -0.1) is 0 Å². The lowest BCUT2D eigenvalue weighted by atomic mass is 10.3. The van der Waals surface area contributed by atoms with Gasteiger partial charge >= 0.3 is 0 Å². The van der Waals surface area contributed by atoms with E-state index >= 15 is 0 Å². The lowest BCUT2D eigenvalue weighted by Crippen LogP contribution is -2.05. The van der Waals surface area contributed by atoms with Crippen molar-refractivity contribution in [1.82, 2.24) is 0 Å². The highest BCUT2D eigenvalue weighted by molar-refractivity contribution is 8.00. The van der Waals surface area contributed by atoms with Crippen molar-refractivity contribution in [3.05, 3.63) is 17.9 Å². The second-order valence-corrected chi connectivity index (χ2v) is 5.72. The van der Waals surface area contributed by atoms with Crippen molar-refractivity contribution in [2.75, 3.05) is 0 Å². The Balaban J connectivity index is 2.75. The van der Waals surface area contributed by atoms with Gasteiger partial charge in [0.1, 0.15) is 0 Å². The smallest absolute Gasteiger partial charge is 0.194 e. The molecule has 0 saturated heterocycles. The molecule has 0 bridgehead atoms. The van der Waals surface area contributed by atoms with Crippen molar-refractivity contribution in [2.45, 2.75) is 37.5 Å². The largest absolute Gasteiger partial charge is 0.447 e. The Labute approximate surface area is 82.7 Å². The van der Waals surface area contributed by atoms with E-state index in [-0.39, 0.29) is 10.5 Å². The van der Waals surface area contributed by atoms with Crippen LogP contribution in [0.2, 0.25) is 0 Å². The lowest BCUT2D eigenvalue weighted by Gasteiger charge is -2.14. The van der Waals surface area contributed by atoms with Crippen molar-refractivity contribution >= 4 is 17.5 Å². The van der Waals surface area contributed by atoms with Crippen molar-refractivity contribution in [1.29, 1.82) is 0 Å². The monoisotopic (exact) mass is 198 g/mol. The molecule has 0 atom stereocenters. The molecule has 0 aromatic carbocycles. The molecule has 3 heteroatoms. The Morgan fingerprint density at radius 1 is 1.38 bits per heavy atom. The Hall–Kier alpha value is -0.700. The van der Waals surface area contributed by atoms with Crippen LogP contribution >= 0.6 is 11.8 Å². The molecule has 1 heterocycles. The maximum atomic E-state index is 10.9. The standard InChI is InChI=1S/C10H14O2S/c1-7(11)8-5-6-9(12-8)13-10(2,3)4/h5-6H,1-4H3. The second-order valence-electron chi connectivity index (χ2n) is 3.89. The summed E-state index contributed by atoms with van der Waals surface area (Å²) < 4.78 is 5.45. The Bertz CT molecular complexity index is 307. The van der Waals surface area contributed by atoms with E-state index in [2.05, 4.69) is 20.8 Å². The van der Waals surface area contributed by atoms with Crippen LogP contribution in [-0.2, 0) is 0 Å². The minimum atomic E-state index is -0.0271. The molecule has 0 unspecified atom stereocenters. The number of rotatable bonds is 2.